The lowest BCUT2D eigenvalue weighted by Gasteiger charge is -2.07. The lowest BCUT2D eigenvalue weighted by Crippen LogP contribution is -2.14. The maximum Gasteiger partial charge on any atom is 0.344 e. The van der Waals surface area contributed by atoms with Crippen LogP contribution in [0.5, 0.6) is 5.75 Å². The number of aromatic nitrogens is 1. The van der Waals surface area contributed by atoms with Gasteiger partial charge in [0.1, 0.15) is 17.4 Å². The lowest BCUT2D eigenvalue weighted by molar-refractivity contribution is -0.147. The van der Waals surface area contributed by atoms with E-state index >= 15 is 0 Å². The molecule has 3 rings (SSSR count). The van der Waals surface area contributed by atoms with Crippen LogP contribution >= 0.6 is 34.5 Å². The molecule has 0 aliphatic carbocycles. The van der Waals surface area contributed by atoms with E-state index in [1.165, 1.54) is 11.3 Å². The highest BCUT2D eigenvalue weighted by Gasteiger charge is 2.10. The maximum atomic E-state index is 11.8. The number of carbonyl (C=O) groups excluding carboxylic acids is 1. The molecule has 0 aliphatic rings. The monoisotopic (exact) mass is 393 g/mol. The molecule has 128 valence electrons. The normalized spacial score (nSPS) is 10.5. The largest absolute Gasteiger partial charge is 0.480 e. The van der Waals surface area contributed by atoms with Gasteiger partial charge < -0.3 is 9.47 Å². The average molecular weight is 394 g/mol. The molecule has 7 heteroatoms. The molecule has 0 atom stereocenters. The highest BCUT2D eigenvalue weighted by atomic mass is 35.5. The Labute approximate surface area is 158 Å². The number of hydrogen-bond donors (Lipinski definition) is 0. The molecule has 25 heavy (non-hydrogen) atoms. The van der Waals surface area contributed by atoms with Crippen molar-refractivity contribution in [3.8, 4) is 16.3 Å². The predicted octanol–water partition coefficient (Wildman–Crippen LogP) is 5.24. The summed E-state index contributed by atoms with van der Waals surface area (Å²) in [5, 5.41) is 1.73. The maximum absolute atomic E-state index is 11.8. The van der Waals surface area contributed by atoms with Crippen molar-refractivity contribution >= 4 is 40.5 Å². The van der Waals surface area contributed by atoms with Crippen LogP contribution in [0.1, 0.15) is 4.88 Å². The van der Waals surface area contributed by atoms with Gasteiger partial charge in [0, 0.05) is 16.8 Å². The van der Waals surface area contributed by atoms with Crippen molar-refractivity contribution in [2.24, 2.45) is 0 Å². The number of esters is 1. The van der Waals surface area contributed by atoms with Crippen molar-refractivity contribution < 1.29 is 14.3 Å². The molecule has 0 saturated carbocycles. The average Bonchev–Trinajstić information content (AvgIpc) is 3.09. The Bertz CT molecular complexity index is 868. The van der Waals surface area contributed by atoms with Crippen molar-refractivity contribution in [2.45, 2.75) is 6.61 Å². The molecule has 1 aromatic heterocycles. The van der Waals surface area contributed by atoms with Gasteiger partial charge >= 0.3 is 5.97 Å². The Balaban J connectivity index is 1.50. The van der Waals surface area contributed by atoms with Gasteiger partial charge in [0.2, 0.25) is 0 Å². The number of nitrogens with zero attached hydrogens (tertiary/aromatic N) is 1. The van der Waals surface area contributed by atoms with Crippen LogP contribution in [0.4, 0.5) is 0 Å². The first kappa shape index (κ1) is 17.7. The molecule has 0 unspecified atom stereocenters. The number of benzene rings is 2. The number of ether oxygens (including phenoxy) is 2. The summed E-state index contributed by atoms with van der Waals surface area (Å²) in [6, 6.07) is 14.6. The van der Waals surface area contributed by atoms with Crippen LogP contribution in [0.15, 0.2) is 54.7 Å². The minimum absolute atomic E-state index is 0.154. The van der Waals surface area contributed by atoms with E-state index in [9.17, 15) is 4.79 Å². The number of halogens is 2. The fourth-order valence-electron chi connectivity index (χ4n) is 2.01. The van der Waals surface area contributed by atoms with Gasteiger partial charge in [-0.1, -0.05) is 53.5 Å². The van der Waals surface area contributed by atoms with E-state index in [1.807, 2.05) is 30.3 Å². The molecule has 0 amide bonds. The zero-order valence-electron chi connectivity index (χ0n) is 12.9. The Morgan fingerprint density at radius 2 is 1.92 bits per heavy atom. The predicted molar refractivity (Wildman–Crippen MR) is 99.3 cm³/mol. The summed E-state index contributed by atoms with van der Waals surface area (Å²) >= 11 is 13.3. The van der Waals surface area contributed by atoms with Crippen LogP contribution in [-0.2, 0) is 16.1 Å². The minimum Gasteiger partial charge on any atom is -0.480 e. The van der Waals surface area contributed by atoms with E-state index in [2.05, 4.69) is 4.98 Å². The first-order chi connectivity index (χ1) is 12.1. The van der Waals surface area contributed by atoms with Gasteiger partial charge in [-0.25, -0.2) is 9.78 Å². The Hall–Kier alpha value is -2.08. The topological polar surface area (TPSA) is 48.4 Å². The minimum atomic E-state index is -0.485. The zero-order chi connectivity index (χ0) is 17.6. The third-order valence-corrected chi connectivity index (χ3v) is 4.74. The summed E-state index contributed by atoms with van der Waals surface area (Å²) < 4.78 is 10.5. The van der Waals surface area contributed by atoms with Crippen LogP contribution in [0.25, 0.3) is 10.6 Å². The van der Waals surface area contributed by atoms with Crippen molar-refractivity contribution in [1.82, 2.24) is 4.98 Å². The fraction of sp³-hybridized carbons (Fsp3) is 0.111. The zero-order valence-corrected chi connectivity index (χ0v) is 15.3. The molecule has 3 aromatic rings. The van der Waals surface area contributed by atoms with E-state index in [1.54, 1.807) is 24.4 Å². The summed E-state index contributed by atoms with van der Waals surface area (Å²) in [6.07, 6.45) is 1.71. The van der Waals surface area contributed by atoms with Crippen LogP contribution in [-0.4, -0.2) is 17.6 Å². The second-order valence-electron chi connectivity index (χ2n) is 5.02. The van der Waals surface area contributed by atoms with Crippen LogP contribution in [0.3, 0.4) is 0 Å². The number of thiazole rings is 1. The Kier molecular flexibility index (Phi) is 5.91. The van der Waals surface area contributed by atoms with Gasteiger partial charge in [-0.2, -0.15) is 0 Å². The van der Waals surface area contributed by atoms with E-state index in [0.29, 0.717) is 15.8 Å². The van der Waals surface area contributed by atoms with E-state index in [-0.39, 0.29) is 13.2 Å². The highest BCUT2D eigenvalue weighted by molar-refractivity contribution is 7.15. The van der Waals surface area contributed by atoms with Gasteiger partial charge in [-0.05, 0) is 18.2 Å². The summed E-state index contributed by atoms with van der Waals surface area (Å²) in [6.45, 7) is -0.0766. The highest BCUT2D eigenvalue weighted by Crippen LogP contribution is 2.28. The van der Waals surface area contributed by atoms with Crippen molar-refractivity contribution in [3.63, 3.8) is 0 Å². The molecule has 0 N–H and O–H groups in total. The van der Waals surface area contributed by atoms with E-state index in [0.717, 1.165) is 15.4 Å². The van der Waals surface area contributed by atoms with Crippen molar-refractivity contribution in [2.75, 3.05) is 6.61 Å². The molecule has 2 aromatic carbocycles. The standard InChI is InChI=1S/C18H13Cl2NO3S/c19-13-6-7-16(15(20)8-13)23-11-17(22)24-10-14-9-21-18(25-14)12-4-2-1-3-5-12/h1-9H,10-11H2. The third kappa shape index (κ3) is 4.95. The molecule has 1 heterocycles. The van der Waals surface area contributed by atoms with Crippen LogP contribution < -0.4 is 4.74 Å². The van der Waals surface area contributed by atoms with Gasteiger partial charge in [0.05, 0.1) is 9.90 Å². The number of rotatable bonds is 6. The summed E-state index contributed by atoms with van der Waals surface area (Å²) in [5.41, 5.74) is 1.03. The SMILES string of the molecule is O=C(COc1ccc(Cl)cc1Cl)OCc1cnc(-c2ccccc2)s1. The molecular formula is C18H13Cl2NO3S. The summed E-state index contributed by atoms with van der Waals surface area (Å²) in [7, 11) is 0. The van der Waals surface area contributed by atoms with Crippen LogP contribution in [0, 0.1) is 0 Å². The first-order valence-corrected chi connectivity index (χ1v) is 8.92. The van der Waals surface area contributed by atoms with Gasteiger partial charge in [0.15, 0.2) is 6.61 Å². The molecule has 0 spiro atoms. The molecule has 0 radical (unpaired) electrons. The fourth-order valence-corrected chi connectivity index (χ4v) is 3.30. The van der Waals surface area contributed by atoms with Crippen molar-refractivity contribution in [1.29, 1.82) is 0 Å². The van der Waals surface area contributed by atoms with E-state index in [4.69, 9.17) is 32.7 Å². The molecule has 0 bridgehead atoms. The third-order valence-electron chi connectivity index (χ3n) is 3.19. The second-order valence-corrected chi connectivity index (χ2v) is 6.98. The summed E-state index contributed by atoms with van der Waals surface area (Å²) in [4.78, 5) is 17.0. The molecule has 0 saturated heterocycles. The number of hydrogen-bond acceptors (Lipinski definition) is 5. The Morgan fingerprint density at radius 3 is 2.68 bits per heavy atom. The van der Waals surface area contributed by atoms with Gasteiger partial charge in [0.25, 0.3) is 0 Å². The molecular weight excluding hydrogens is 381 g/mol. The van der Waals surface area contributed by atoms with Crippen molar-refractivity contribution in [3.05, 3.63) is 69.7 Å². The Morgan fingerprint density at radius 1 is 1.12 bits per heavy atom. The molecule has 0 fully saturated rings. The first-order valence-electron chi connectivity index (χ1n) is 7.35. The second kappa shape index (κ2) is 8.34. The van der Waals surface area contributed by atoms with Gasteiger partial charge in [-0.3, -0.25) is 0 Å². The van der Waals surface area contributed by atoms with E-state index < -0.39 is 5.97 Å². The lowest BCUT2D eigenvalue weighted by atomic mass is 10.2. The van der Waals surface area contributed by atoms with Crippen LogP contribution in [0.2, 0.25) is 10.0 Å². The molecule has 4 nitrogen and oxygen atoms in total. The van der Waals surface area contributed by atoms with Gasteiger partial charge in [-0.15, -0.1) is 11.3 Å². The smallest absolute Gasteiger partial charge is 0.344 e. The quantitative estimate of drug-likeness (QED) is 0.537. The summed E-state index contributed by atoms with van der Waals surface area (Å²) in [5.74, 6) is -0.104. The molecule has 0 aliphatic heterocycles. The number of carbonyl (C=O) groups is 1.